The largest absolute Gasteiger partial charge is 0.333 e. The minimum Gasteiger partial charge on any atom is -0.315 e. The molecule has 0 radical (unpaired) electrons. The molecule has 1 aliphatic heterocycles. The third-order valence-corrected chi connectivity index (χ3v) is 3.87. The summed E-state index contributed by atoms with van der Waals surface area (Å²) in [6, 6.07) is 5.96. The molecule has 2 aromatic rings. The summed E-state index contributed by atoms with van der Waals surface area (Å²) in [6.07, 6.45) is 0. The van der Waals surface area contributed by atoms with E-state index in [2.05, 4.69) is 10.3 Å². The fourth-order valence-corrected chi connectivity index (χ4v) is 2.50. The summed E-state index contributed by atoms with van der Waals surface area (Å²) in [6.45, 7) is 4.17. The topological polar surface area (TPSA) is 71.3 Å². The zero-order chi connectivity index (χ0) is 16.6. The first-order chi connectivity index (χ1) is 11.0. The van der Waals surface area contributed by atoms with Gasteiger partial charge in [0.1, 0.15) is 12.4 Å². The summed E-state index contributed by atoms with van der Waals surface area (Å²) in [5.74, 6) is -0.473. The van der Waals surface area contributed by atoms with Crippen LogP contribution in [0, 0.1) is 12.7 Å². The van der Waals surface area contributed by atoms with E-state index in [9.17, 15) is 14.0 Å². The number of halogens is 1. The van der Waals surface area contributed by atoms with Gasteiger partial charge in [-0.3, -0.25) is 4.79 Å². The number of anilines is 1. The van der Waals surface area contributed by atoms with Crippen LogP contribution in [0.15, 0.2) is 24.3 Å². The Kier molecular flexibility index (Phi) is 3.81. The third-order valence-electron chi connectivity index (χ3n) is 3.87. The summed E-state index contributed by atoms with van der Waals surface area (Å²) in [7, 11) is 0. The summed E-state index contributed by atoms with van der Waals surface area (Å²) in [5.41, 5.74) is 0.995. The van der Waals surface area contributed by atoms with Crippen LogP contribution in [-0.4, -0.2) is 44.9 Å². The lowest BCUT2D eigenvalue weighted by molar-refractivity contribution is -0.116. The number of amides is 3. The van der Waals surface area contributed by atoms with Crippen LogP contribution in [0.2, 0.25) is 0 Å². The summed E-state index contributed by atoms with van der Waals surface area (Å²) in [4.78, 5) is 26.7. The first kappa shape index (κ1) is 15.1. The fraction of sp³-hybridized carbons (Fsp3) is 0.333. The molecule has 1 saturated heterocycles. The van der Waals surface area contributed by atoms with E-state index >= 15 is 0 Å². The Morgan fingerprint density at radius 1 is 1.26 bits per heavy atom. The highest BCUT2D eigenvalue weighted by Crippen LogP contribution is 2.23. The van der Waals surface area contributed by atoms with Gasteiger partial charge in [-0.1, -0.05) is 23.4 Å². The molecule has 2 heterocycles. The van der Waals surface area contributed by atoms with E-state index in [1.165, 1.54) is 15.6 Å². The monoisotopic (exact) mass is 317 g/mol. The Hall–Kier alpha value is -2.77. The van der Waals surface area contributed by atoms with Crippen molar-refractivity contribution in [3.8, 4) is 0 Å². The molecule has 1 aromatic carbocycles. The molecule has 0 saturated carbocycles. The van der Waals surface area contributed by atoms with Gasteiger partial charge < -0.3 is 4.90 Å². The van der Waals surface area contributed by atoms with Gasteiger partial charge in [-0.25, -0.2) is 18.8 Å². The van der Waals surface area contributed by atoms with E-state index < -0.39 is 6.03 Å². The molecule has 3 rings (SSSR count). The highest BCUT2D eigenvalue weighted by molar-refractivity contribution is 6.19. The van der Waals surface area contributed by atoms with Gasteiger partial charge in [0, 0.05) is 12.1 Å². The average molecular weight is 317 g/mol. The predicted molar refractivity (Wildman–Crippen MR) is 80.4 cm³/mol. The zero-order valence-electron chi connectivity index (χ0n) is 12.9. The van der Waals surface area contributed by atoms with Gasteiger partial charge in [0.2, 0.25) is 0 Å². The SMILES string of the molecule is CCN1CC(=O)N(c2nnn(Cc3ccccc3F)c2C)C1=O. The van der Waals surface area contributed by atoms with Crippen LogP contribution in [-0.2, 0) is 11.3 Å². The van der Waals surface area contributed by atoms with Crippen LogP contribution < -0.4 is 4.90 Å². The molecule has 1 aliphatic rings. The van der Waals surface area contributed by atoms with E-state index in [0.29, 0.717) is 17.8 Å². The van der Waals surface area contributed by atoms with Crippen molar-refractivity contribution in [1.82, 2.24) is 19.9 Å². The van der Waals surface area contributed by atoms with E-state index in [1.807, 2.05) is 0 Å². The summed E-state index contributed by atoms with van der Waals surface area (Å²) in [5, 5.41) is 7.89. The molecule has 0 spiro atoms. The molecule has 0 atom stereocenters. The highest BCUT2D eigenvalue weighted by Gasteiger charge is 2.39. The van der Waals surface area contributed by atoms with E-state index in [4.69, 9.17) is 0 Å². The van der Waals surface area contributed by atoms with E-state index in [1.54, 1.807) is 32.0 Å². The van der Waals surface area contributed by atoms with Crippen molar-refractivity contribution >= 4 is 17.8 Å². The Balaban J connectivity index is 1.90. The second-order valence-electron chi connectivity index (χ2n) is 5.27. The average Bonchev–Trinajstić information content (AvgIpc) is 3.02. The lowest BCUT2D eigenvalue weighted by Gasteiger charge is -2.13. The van der Waals surface area contributed by atoms with Crippen LogP contribution in [0.1, 0.15) is 18.2 Å². The molecule has 0 bridgehead atoms. The maximum absolute atomic E-state index is 13.7. The van der Waals surface area contributed by atoms with Crippen molar-refractivity contribution in [2.45, 2.75) is 20.4 Å². The fourth-order valence-electron chi connectivity index (χ4n) is 2.50. The molecule has 0 unspecified atom stereocenters. The second kappa shape index (κ2) is 5.79. The van der Waals surface area contributed by atoms with Crippen LogP contribution >= 0.6 is 0 Å². The third kappa shape index (κ3) is 2.56. The van der Waals surface area contributed by atoms with Crippen LogP contribution in [0.4, 0.5) is 15.0 Å². The van der Waals surface area contributed by atoms with Crippen molar-refractivity contribution in [3.05, 3.63) is 41.3 Å². The zero-order valence-corrected chi connectivity index (χ0v) is 12.9. The van der Waals surface area contributed by atoms with Crippen molar-refractivity contribution in [2.75, 3.05) is 18.0 Å². The number of imide groups is 1. The van der Waals surface area contributed by atoms with Crippen molar-refractivity contribution in [2.24, 2.45) is 0 Å². The minimum atomic E-state index is -0.404. The van der Waals surface area contributed by atoms with Crippen molar-refractivity contribution < 1.29 is 14.0 Å². The Morgan fingerprint density at radius 2 is 2.00 bits per heavy atom. The van der Waals surface area contributed by atoms with Crippen LogP contribution in [0.5, 0.6) is 0 Å². The molecule has 3 amide bonds. The lowest BCUT2D eigenvalue weighted by Crippen LogP contribution is -2.33. The maximum atomic E-state index is 13.7. The maximum Gasteiger partial charge on any atom is 0.333 e. The van der Waals surface area contributed by atoms with E-state index in [0.717, 1.165) is 4.90 Å². The number of urea groups is 1. The number of nitrogens with zero attached hydrogens (tertiary/aromatic N) is 5. The molecule has 0 N–H and O–H groups in total. The minimum absolute atomic E-state index is 0.0367. The summed E-state index contributed by atoms with van der Waals surface area (Å²) >= 11 is 0. The number of rotatable bonds is 4. The van der Waals surface area contributed by atoms with E-state index in [-0.39, 0.29) is 30.6 Å². The first-order valence-corrected chi connectivity index (χ1v) is 7.28. The molecule has 8 heteroatoms. The number of hydrogen-bond acceptors (Lipinski definition) is 4. The van der Waals surface area contributed by atoms with Gasteiger partial charge in [0.25, 0.3) is 5.91 Å². The van der Waals surface area contributed by atoms with Gasteiger partial charge in [-0.2, -0.15) is 0 Å². The van der Waals surface area contributed by atoms with Crippen LogP contribution in [0.25, 0.3) is 0 Å². The Bertz CT molecular complexity index is 773. The molecule has 120 valence electrons. The van der Waals surface area contributed by atoms with Crippen molar-refractivity contribution in [3.63, 3.8) is 0 Å². The number of hydrogen-bond donors (Lipinski definition) is 0. The van der Waals surface area contributed by atoms with Gasteiger partial charge in [-0.15, -0.1) is 5.10 Å². The van der Waals surface area contributed by atoms with Gasteiger partial charge in [0.05, 0.1) is 12.2 Å². The smallest absolute Gasteiger partial charge is 0.315 e. The second-order valence-corrected chi connectivity index (χ2v) is 5.27. The van der Waals surface area contributed by atoms with Crippen molar-refractivity contribution in [1.29, 1.82) is 0 Å². The van der Waals surface area contributed by atoms with Gasteiger partial charge in [-0.05, 0) is 19.9 Å². The molecule has 1 aromatic heterocycles. The van der Waals surface area contributed by atoms with Gasteiger partial charge >= 0.3 is 6.03 Å². The standard InChI is InChI=1S/C15H16FN5O2/c1-3-19-9-13(22)21(15(19)23)14-10(2)20(18-17-14)8-11-6-4-5-7-12(11)16/h4-7H,3,8-9H2,1-2H3. The number of benzene rings is 1. The molecule has 7 nitrogen and oxygen atoms in total. The molecule has 23 heavy (non-hydrogen) atoms. The summed E-state index contributed by atoms with van der Waals surface area (Å²) < 4.78 is 15.2. The van der Waals surface area contributed by atoms with Gasteiger partial charge in [0.15, 0.2) is 5.82 Å². The number of carbonyl (C=O) groups excluding carboxylic acids is 2. The predicted octanol–water partition coefficient (Wildman–Crippen LogP) is 1.56. The first-order valence-electron chi connectivity index (χ1n) is 7.28. The normalized spacial score (nSPS) is 14.9. The lowest BCUT2D eigenvalue weighted by atomic mass is 10.2. The number of aromatic nitrogens is 3. The molecular formula is C15H16FN5O2. The van der Waals surface area contributed by atoms with Crippen LogP contribution in [0.3, 0.4) is 0 Å². The molecule has 0 aliphatic carbocycles. The Morgan fingerprint density at radius 3 is 2.65 bits per heavy atom. The quantitative estimate of drug-likeness (QED) is 0.802. The Labute approximate surface area is 132 Å². The number of likely N-dealkylation sites (N-methyl/N-ethyl adjacent to an activating group) is 1. The molecular weight excluding hydrogens is 301 g/mol. The highest BCUT2D eigenvalue weighted by atomic mass is 19.1. The number of carbonyl (C=O) groups is 2. The molecule has 1 fully saturated rings.